The summed E-state index contributed by atoms with van der Waals surface area (Å²) in [6, 6.07) is 17.5. The van der Waals surface area contributed by atoms with Crippen LogP contribution in [0.2, 0.25) is 0 Å². The van der Waals surface area contributed by atoms with E-state index < -0.39 is 4.92 Å². The number of nitro groups is 1. The second-order valence-electron chi connectivity index (χ2n) is 6.52. The van der Waals surface area contributed by atoms with Gasteiger partial charge in [-0.3, -0.25) is 10.1 Å². The van der Waals surface area contributed by atoms with E-state index in [9.17, 15) is 15.2 Å². The van der Waals surface area contributed by atoms with Gasteiger partial charge in [0, 0.05) is 40.3 Å². The molecular formula is C21H14N4O3. The Morgan fingerprint density at radius 1 is 1.04 bits per heavy atom. The van der Waals surface area contributed by atoms with E-state index in [1.54, 1.807) is 24.3 Å². The van der Waals surface area contributed by atoms with Crippen LogP contribution in [-0.4, -0.2) is 20.0 Å². The van der Waals surface area contributed by atoms with Gasteiger partial charge < -0.3 is 15.4 Å². The first kappa shape index (κ1) is 16.1. The summed E-state index contributed by atoms with van der Waals surface area (Å²) in [7, 11) is 0. The number of hydrogen-bond donors (Lipinski definition) is 3. The lowest BCUT2D eigenvalue weighted by Gasteiger charge is -2.14. The molecule has 0 radical (unpaired) electrons. The maximum absolute atomic E-state index is 11.2. The van der Waals surface area contributed by atoms with Crippen molar-refractivity contribution in [3.63, 3.8) is 0 Å². The number of non-ortho nitro benzene ring substituents is 1. The standard InChI is InChI=1S/C21H14N4O3/c26-19-3-1-2-17-20(19)21(15-6-5-14(25(27)28)11-18(15)24-17)23-13-4-7-16-12(10-13)8-9-22-16/h1-11,22,26H,(H,23,24). The molecule has 28 heavy (non-hydrogen) atoms. The number of nitrogens with one attached hydrogen (secondary N) is 2. The predicted molar refractivity (Wildman–Crippen MR) is 109 cm³/mol. The van der Waals surface area contributed by atoms with Crippen LogP contribution in [-0.2, 0) is 0 Å². The summed E-state index contributed by atoms with van der Waals surface area (Å²) in [4.78, 5) is 18.4. The molecule has 5 aromatic rings. The van der Waals surface area contributed by atoms with E-state index in [2.05, 4.69) is 15.3 Å². The molecule has 5 rings (SSSR count). The second kappa shape index (κ2) is 5.95. The minimum Gasteiger partial charge on any atom is -0.507 e. The van der Waals surface area contributed by atoms with Crippen molar-refractivity contribution in [3.05, 3.63) is 77.0 Å². The highest BCUT2D eigenvalue weighted by molar-refractivity contribution is 6.11. The number of nitrogens with zero attached hydrogens (tertiary/aromatic N) is 2. The predicted octanol–water partition coefficient (Wildman–Crippen LogP) is 5.23. The van der Waals surface area contributed by atoms with Crippen molar-refractivity contribution < 1.29 is 10.0 Å². The van der Waals surface area contributed by atoms with Crippen LogP contribution >= 0.6 is 0 Å². The lowest BCUT2D eigenvalue weighted by molar-refractivity contribution is -0.384. The number of aromatic nitrogens is 2. The molecule has 136 valence electrons. The van der Waals surface area contributed by atoms with Gasteiger partial charge in [0.2, 0.25) is 0 Å². The zero-order valence-electron chi connectivity index (χ0n) is 14.5. The van der Waals surface area contributed by atoms with Crippen LogP contribution in [0.5, 0.6) is 5.75 Å². The molecule has 0 unspecified atom stereocenters. The highest BCUT2D eigenvalue weighted by Crippen LogP contribution is 2.39. The van der Waals surface area contributed by atoms with Crippen molar-refractivity contribution in [3.8, 4) is 5.75 Å². The van der Waals surface area contributed by atoms with Gasteiger partial charge in [0.15, 0.2) is 0 Å². The molecule has 0 spiro atoms. The van der Waals surface area contributed by atoms with E-state index in [-0.39, 0.29) is 11.4 Å². The molecule has 0 saturated heterocycles. The fourth-order valence-electron chi connectivity index (χ4n) is 3.48. The Balaban J connectivity index is 1.78. The number of benzene rings is 3. The van der Waals surface area contributed by atoms with Gasteiger partial charge in [-0.25, -0.2) is 4.98 Å². The molecule has 0 atom stereocenters. The smallest absolute Gasteiger partial charge is 0.271 e. The molecule has 0 fully saturated rings. The van der Waals surface area contributed by atoms with E-state index in [0.717, 1.165) is 16.6 Å². The summed E-state index contributed by atoms with van der Waals surface area (Å²) < 4.78 is 0. The maximum Gasteiger partial charge on any atom is 0.271 e. The van der Waals surface area contributed by atoms with Gasteiger partial charge in [0.1, 0.15) is 5.75 Å². The topological polar surface area (TPSA) is 104 Å². The number of H-pyrrole nitrogens is 1. The molecule has 3 N–H and O–H groups in total. The minimum atomic E-state index is -0.444. The average molecular weight is 370 g/mol. The van der Waals surface area contributed by atoms with Crippen LogP contribution < -0.4 is 5.32 Å². The highest BCUT2D eigenvalue weighted by atomic mass is 16.6. The summed E-state index contributed by atoms with van der Waals surface area (Å²) >= 11 is 0. The van der Waals surface area contributed by atoms with E-state index in [1.807, 2.05) is 30.5 Å². The zero-order chi connectivity index (χ0) is 19.3. The normalized spacial score (nSPS) is 11.3. The second-order valence-corrected chi connectivity index (χ2v) is 6.52. The van der Waals surface area contributed by atoms with Crippen LogP contribution in [0.25, 0.3) is 32.7 Å². The van der Waals surface area contributed by atoms with Gasteiger partial charge in [-0.2, -0.15) is 0 Å². The maximum atomic E-state index is 11.2. The van der Waals surface area contributed by atoms with Crippen molar-refractivity contribution in [2.45, 2.75) is 0 Å². The molecule has 0 aliphatic heterocycles. The molecule has 3 aromatic carbocycles. The number of phenols is 1. The number of anilines is 2. The van der Waals surface area contributed by atoms with Crippen LogP contribution in [0.15, 0.2) is 66.9 Å². The van der Waals surface area contributed by atoms with E-state index >= 15 is 0 Å². The number of fused-ring (bicyclic) bond motifs is 3. The fourth-order valence-corrected chi connectivity index (χ4v) is 3.48. The molecule has 0 aliphatic rings. The van der Waals surface area contributed by atoms with Crippen molar-refractivity contribution >= 4 is 49.8 Å². The van der Waals surface area contributed by atoms with Crippen LogP contribution in [0, 0.1) is 10.1 Å². The minimum absolute atomic E-state index is 0.0285. The molecule has 0 bridgehead atoms. The molecule has 7 nitrogen and oxygen atoms in total. The van der Waals surface area contributed by atoms with Crippen molar-refractivity contribution in [2.75, 3.05) is 5.32 Å². The van der Waals surface area contributed by atoms with E-state index in [1.165, 1.54) is 12.1 Å². The fraction of sp³-hybridized carbons (Fsp3) is 0. The van der Waals surface area contributed by atoms with Crippen molar-refractivity contribution in [1.82, 2.24) is 9.97 Å². The highest BCUT2D eigenvalue weighted by Gasteiger charge is 2.16. The average Bonchev–Trinajstić information content (AvgIpc) is 3.15. The van der Waals surface area contributed by atoms with E-state index in [0.29, 0.717) is 27.5 Å². The third kappa shape index (κ3) is 2.49. The Labute approximate surface area is 158 Å². The number of aromatic amines is 1. The van der Waals surface area contributed by atoms with Crippen LogP contribution in [0.3, 0.4) is 0 Å². The van der Waals surface area contributed by atoms with Gasteiger partial charge in [-0.1, -0.05) is 6.07 Å². The number of phenolic OH excluding ortho intramolecular Hbond substituents is 1. The number of pyridine rings is 1. The third-order valence-electron chi connectivity index (χ3n) is 4.80. The molecule has 0 saturated carbocycles. The number of aromatic hydroxyl groups is 1. The Kier molecular flexibility index (Phi) is 3.42. The SMILES string of the molecule is O=[N+]([O-])c1ccc2c(Nc3ccc4[nH]ccc4c3)c3c(O)cccc3nc2c1. The van der Waals surface area contributed by atoms with Gasteiger partial charge >= 0.3 is 0 Å². The van der Waals surface area contributed by atoms with Crippen LogP contribution in [0.4, 0.5) is 17.1 Å². The molecule has 0 amide bonds. The summed E-state index contributed by atoms with van der Waals surface area (Å²) in [5.74, 6) is 0.0930. The number of nitro benzene ring substituents is 1. The Morgan fingerprint density at radius 2 is 1.93 bits per heavy atom. The van der Waals surface area contributed by atoms with Crippen LogP contribution in [0.1, 0.15) is 0 Å². The monoisotopic (exact) mass is 370 g/mol. The first-order valence-electron chi connectivity index (χ1n) is 8.64. The van der Waals surface area contributed by atoms with Gasteiger partial charge in [0.05, 0.1) is 27.0 Å². The molecule has 2 aromatic heterocycles. The van der Waals surface area contributed by atoms with Crippen molar-refractivity contribution in [2.24, 2.45) is 0 Å². The van der Waals surface area contributed by atoms with Gasteiger partial charge in [0.25, 0.3) is 5.69 Å². The molecule has 7 heteroatoms. The quantitative estimate of drug-likeness (QED) is 0.229. The Morgan fingerprint density at radius 3 is 2.79 bits per heavy atom. The lowest BCUT2D eigenvalue weighted by atomic mass is 10.1. The van der Waals surface area contributed by atoms with E-state index in [4.69, 9.17) is 0 Å². The summed E-state index contributed by atoms with van der Waals surface area (Å²) in [6.45, 7) is 0. The Hall–Kier alpha value is -4.13. The van der Waals surface area contributed by atoms with Gasteiger partial charge in [-0.05, 0) is 42.5 Å². The lowest BCUT2D eigenvalue weighted by Crippen LogP contribution is -1.96. The molecule has 0 aliphatic carbocycles. The largest absolute Gasteiger partial charge is 0.507 e. The Bertz CT molecular complexity index is 1390. The first-order valence-corrected chi connectivity index (χ1v) is 8.64. The van der Waals surface area contributed by atoms with Gasteiger partial charge in [-0.15, -0.1) is 0 Å². The third-order valence-corrected chi connectivity index (χ3v) is 4.80. The summed E-state index contributed by atoms with van der Waals surface area (Å²) in [5, 5.41) is 27.3. The zero-order valence-corrected chi connectivity index (χ0v) is 14.5. The summed E-state index contributed by atoms with van der Waals surface area (Å²) in [6.07, 6.45) is 1.87. The first-order chi connectivity index (χ1) is 13.6. The summed E-state index contributed by atoms with van der Waals surface area (Å²) in [5.41, 5.74) is 3.52. The molecule has 2 heterocycles. The number of hydrogen-bond acceptors (Lipinski definition) is 5. The molecular weight excluding hydrogens is 356 g/mol. The van der Waals surface area contributed by atoms with Crippen molar-refractivity contribution in [1.29, 1.82) is 0 Å². The number of rotatable bonds is 3.